The zero-order valence-electron chi connectivity index (χ0n) is 17.1. The van der Waals surface area contributed by atoms with Crippen LogP contribution in [0, 0.1) is 0 Å². The number of benzene rings is 1. The van der Waals surface area contributed by atoms with Crippen molar-refractivity contribution >= 4 is 18.7 Å². The molecule has 2 rings (SSSR count). The van der Waals surface area contributed by atoms with Gasteiger partial charge in [0.2, 0.25) is 0 Å². The predicted octanol–water partition coefficient (Wildman–Crippen LogP) is 3.75. The first-order valence-corrected chi connectivity index (χ1v) is 9.39. The van der Waals surface area contributed by atoms with E-state index in [1.807, 2.05) is 65.8 Å². The normalized spacial score (nSPS) is 18.7. The van der Waals surface area contributed by atoms with Crippen molar-refractivity contribution < 1.29 is 18.8 Å². The third kappa shape index (κ3) is 4.60. The Morgan fingerprint density at radius 3 is 2.15 bits per heavy atom. The van der Waals surface area contributed by atoms with E-state index in [2.05, 4.69) is 12.2 Å². The van der Waals surface area contributed by atoms with Gasteiger partial charge in [-0.05, 0) is 59.0 Å². The van der Waals surface area contributed by atoms with E-state index in [0.717, 1.165) is 23.9 Å². The largest absolute Gasteiger partial charge is 0.494 e. The molecule has 144 valence electrons. The molecule has 0 radical (unpaired) electrons. The number of carbonyl (C=O) groups excluding carboxylic acids is 1. The highest BCUT2D eigenvalue weighted by atomic mass is 16.7. The molecule has 1 fully saturated rings. The van der Waals surface area contributed by atoms with Crippen LogP contribution in [0.25, 0.3) is 0 Å². The molecule has 0 unspecified atom stereocenters. The van der Waals surface area contributed by atoms with E-state index in [9.17, 15) is 4.79 Å². The third-order valence-electron chi connectivity index (χ3n) is 5.30. The van der Waals surface area contributed by atoms with Gasteiger partial charge in [-0.3, -0.25) is 0 Å². The molecule has 1 saturated heterocycles. The number of unbranched alkanes of at least 4 members (excludes halogenated alkanes) is 1. The molecule has 0 aromatic heterocycles. The fraction of sp³-hybridized carbons (Fsp3) is 0.650. The van der Waals surface area contributed by atoms with E-state index in [4.69, 9.17) is 14.0 Å². The van der Waals surface area contributed by atoms with Crippen LogP contribution in [0.5, 0.6) is 0 Å². The van der Waals surface area contributed by atoms with Crippen LogP contribution in [0.2, 0.25) is 0 Å². The molecule has 0 atom stereocenters. The second-order valence-electron chi connectivity index (χ2n) is 8.45. The zero-order valence-corrected chi connectivity index (χ0v) is 17.1. The molecule has 1 N–H and O–H groups in total. The molecule has 1 aromatic rings. The lowest BCUT2D eigenvalue weighted by atomic mass is 9.78. The van der Waals surface area contributed by atoms with Crippen molar-refractivity contribution in [2.24, 2.45) is 0 Å². The van der Waals surface area contributed by atoms with Gasteiger partial charge in [0.15, 0.2) is 0 Å². The molecule has 0 saturated carbocycles. The minimum atomic E-state index is -0.530. The van der Waals surface area contributed by atoms with E-state index in [-0.39, 0.29) is 18.3 Å². The van der Waals surface area contributed by atoms with Crippen molar-refractivity contribution in [1.29, 1.82) is 0 Å². The molecule has 0 aliphatic carbocycles. The molecular weight excluding hydrogens is 329 g/mol. The fourth-order valence-electron chi connectivity index (χ4n) is 2.71. The second kappa shape index (κ2) is 7.61. The van der Waals surface area contributed by atoms with E-state index < -0.39 is 11.6 Å². The fourth-order valence-corrected chi connectivity index (χ4v) is 2.71. The number of hydrogen-bond donors (Lipinski definition) is 1. The lowest BCUT2D eigenvalue weighted by Gasteiger charge is -2.32. The van der Waals surface area contributed by atoms with E-state index in [0.29, 0.717) is 6.61 Å². The Hall–Kier alpha value is -1.53. The second-order valence-corrected chi connectivity index (χ2v) is 8.45. The first-order chi connectivity index (χ1) is 12.0. The summed E-state index contributed by atoms with van der Waals surface area (Å²) < 4.78 is 17.4. The zero-order chi connectivity index (χ0) is 19.6. The Labute approximate surface area is 157 Å². The number of hydrogen-bond acceptors (Lipinski definition) is 4. The standard InChI is InChI=1S/C20H32BNO4/c1-8-9-14-24-17(23)22-18(2,3)15-10-12-16(13-11-15)21-25-19(4,5)20(6,7)26-21/h10-13H,8-9,14H2,1-7H3,(H,22,23). The molecule has 0 spiro atoms. The van der Waals surface area contributed by atoms with Crippen molar-refractivity contribution in [3.05, 3.63) is 29.8 Å². The number of rotatable bonds is 6. The van der Waals surface area contributed by atoms with Crippen LogP contribution in [0.15, 0.2) is 24.3 Å². The Kier molecular flexibility index (Phi) is 6.08. The number of nitrogens with one attached hydrogen (secondary N) is 1. The quantitative estimate of drug-likeness (QED) is 0.619. The summed E-state index contributed by atoms with van der Waals surface area (Å²) in [5.41, 5.74) is 0.704. The third-order valence-corrected chi connectivity index (χ3v) is 5.30. The van der Waals surface area contributed by atoms with Gasteiger partial charge in [-0.2, -0.15) is 0 Å². The van der Waals surface area contributed by atoms with Gasteiger partial charge < -0.3 is 19.4 Å². The average Bonchev–Trinajstić information content (AvgIpc) is 2.75. The smallest absolute Gasteiger partial charge is 0.450 e. The average molecular weight is 361 g/mol. The van der Waals surface area contributed by atoms with Gasteiger partial charge in [-0.15, -0.1) is 0 Å². The summed E-state index contributed by atoms with van der Waals surface area (Å²) >= 11 is 0. The maximum atomic E-state index is 12.0. The van der Waals surface area contributed by atoms with Crippen LogP contribution in [-0.4, -0.2) is 31.0 Å². The van der Waals surface area contributed by atoms with Gasteiger partial charge in [0.25, 0.3) is 0 Å². The highest BCUT2D eigenvalue weighted by molar-refractivity contribution is 6.62. The van der Waals surface area contributed by atoms with E-state index in [1.165, 1.54) is 0 Å². The van der Waals surface area contributed by atoms with Crippen molar-refractivity contribution in [1.82, 2.24) is 5.32 Å². The lowest BCUT2D eigenvalue weighted by Crippen LogP contribution is -2.42. The highest BCUT2D eigenvalue weighted by Gasteiger charge is 2.51. The predicted molar refractivity (Wildman–Crippen MR) is 105 cm³/mol. The minimum absolute atomic E-state index is 0.362. The summed E-state index contributed by atoms with van der Waals surface area (Å²) in [5, 5.41) is 2.92. The van der Waals surface area contributed by atoms with Crippen molar-refractivity contribution in [2.75, 3.05) is 6.61 Å². The lowest BCUT2D eigenvalue weighted by molar-refractivity contribution is 0.00578. The van der Waals surface area contributed by atoms with Crippen molar-refractivity contribution in [3.8, 4) is 0 Å². The topological polar surface area (TPSA) is 56.8 Å². The van der Waals surface area contributed by atoms with E-state index >= 15 is 0 Å². The van der Waals surface area contributed by atoms with Crippen LogP contribution in [0.4, 0.5) is 4.79 Å². The summed E-state index contributed by atoms with van der Waals surface area (Å²) in [5.74, 6) is 0. The number of carbonyl (C=O) groups is 1. The number of amides is 1. The van der Waals surface area contributed by atoms with Crippen LogP contribution >= 0.6 is 0 Å². The van der Waals surface area contributed by atoms with Gasteiger partial charge >= 0.3 is 13.2 Å². The Balaban J connectivity index is 2.03. The molecular formula is C20H32BNO4. The van der Waals surface area contributed by atoms with Gasteiger partial charge in [0.05, 0.1) is 23.3 Å². The van der Waals surface area contributed by atoms with Crippen molar-refractivity contribution in [3.63, 3.8) is 0 Å². The molecule has 0 bridgehead atoms. The minimum Gasteiger partial charge on any atom is -0.450 e. The number of alkyl carbamates (subject to hydrolysis) is 1. The number of ether oxygens (including phenoxy) is 1. The van der Waals surface area contributed by atoms with Gasteiger partial charge in [-0.1, -0.05) is 37.6 Å². The SMILES string of the molecule is CCCCOC(=O)NC(C)(C)c1ccc(B2OC(C)(C)C(C)(C)O2)cc1. The molecule has 1 aliphatic heterocycles. The van der Waals surface area contributed by atoms with Crippen molar-refractivity contribution in [2.45, 2.75) is 78.0 Å². The maximum absolute atomic E-state index is 12.0. The maximum Gasteiger partial charge on any atom is 0.494 e. The summed E-state index contributed by atoms with van der Waals surface area (Å²) in [6.45, 7) is 14.6. The molecule has 5 nitrogen and oxygen atoms in total. The van der Waals surface area contributed by atoms with Crippen LogP contribution < -0.4 is 10.8 Å². The monoisotopic (exact) mass is 361 g/mol. The van der Waals surface area contributed by atoms with Gasteiger partial charge in [-0.25, -0.2) is 4.79 Å². The molecule has 6 heteroatoms. The molecule has 1 aromatic carbocycles. The highest BCUT2D eigenvalue weighted by Crippen LogP contribution is 2.36. The Morgan fingerprint density at radius 1 is 1.12 bits per heavy atom. The van der Waals surface area contributed by atoms with E-state index in [1.54, 1.807) is 0 Å². The summed E-state index contributed by atoms with van der Waals surface area (Å²) in [6.07, 6.45) is 1.48. The Bertz CT molecular complexity index is 609. The van der Waals surface area contributed by atoms with Gasteiger partial charge in [0, 0.05) is 0 Å². The van der Waals surface area contributed by atoms with Crippen LogP contribution in [0.1, 0.15) is 66.9 Å². The van der Waals surface area contributed by atoms with Gasteiger partial charge in [0.1, 0.15) is 0 Å². The molecule has 1 amide bonds. The van der Waals surface area contributed by atoms with Crippen LogP contribution in [-0.2, 0) is 19.6 Å². The molecule has 26 heavy (non-hydrogen) atoms. The summed E-state index contributed by atoms with van der Waals surface area (Å²) in [6, 6.07) is 7.96. The van der Waals surface area contributed by atoms with Crippen LogP contribution in [0.3, 0.4) is 0 Å². The first kappa shape index (κ1) is 20.8. The molecule has 1 heterocycles. The first-order valence-electron chi connectivity index (χ1n) is 9.39. The Morgan fingerprint density at radius 2 is 1.65 bits per heavy atom. The summed E-state index contributed by atoms with van der Waals surface area (Å²) in [4.78, 5) is 12.0. The molecule has 1 aliphatic rings. The summed E-state index contributed by atoms with van der Waals surface area (Å²) in [7, 11) is -0.385.